The van der Waals surface area contributed by atoms with Crippen molar-refractivity contribution in [3.63, 3.8) is 0 Å². The van der Waals surface area contributed by atoms with Gasteiger partial charge in [0.25, 0.3) is 0 Å². The zero-order chi connectivity index (χ0) is 11.8. The van der Waals surface area contributed by atoms with Crippen molar-refractivity contribution in [3.05, 3.63) is 0 Å². The fourth-order valence-electron chi connectivity index (χ4n) is 2.07. The van der Waals surface area contributed by atoms with Gasteiger partial charge in [-0.2, -0.15) is 0 Å². The van der Waals surface area contributed by atoms with Gasteiger partial charge >= 0.3 is 5.97 Å². The standard InChI is InChI=1S/C13H25NO2/c1-3-10-14-11(2)13(15)16-12-8-6-4-5-7-9-12/h11-12,14H,3-10H2,1-2H3. The van der Waals surface area contributed by atoms with E-state index in [4.69, 9.17) is 4.74 Å². The molecule has 0 aliphatic heterocycles. The number of nitrogens with one attached hydrogen (secondary N) is 1. The zero-order valence-corrected chi connectivity index (χ0v) is 10.6. The average Bonchev–Trinajstić information content (AvgIpc) is 2.54. The van der Waals surface area contributed by atoms with Gasteiger partial charge in [0.05, 0.1) is 0 Å². The molecule has 1 fully saturated rings. The van der Waals surface area contributed by atoms with Crippen LogP contribution in [0.25, 0.3) is 0 Å². The Bertz CT molecular complexity index is 198. The molecule has 0 spiro atoms. The van der Waals surface area contributed by atoms with Crippen LogP contribution in [0.2, 0.25) is 0 Å². The van der Waals surface area contributed by atoms with Crippen LogP contribution in [0.15, 0.2) is 0 Å². The SMILES string of the molecule is CCCNC(C)C(=O)OC1CCCCCC1. The molecule has 0 radical (unpaired) electrons. The van der Waals surface area contributed by atoms with Gasteiger partial charge in [0.15, 0.2) is 0 Å². The number of rotatable bonds is 5. The molecule has 16 heavy (non-hydrogen) atoms. The van der Waals surface area contributed by atoms with Gasteiger partial charge in [-0.1, -0.05) is 19.8 Å². The second kappa shape index (κ2) is 7.66. The largest absolute Gasteiger partial charge is 0.461 e. The van der Waals surface area contributed by atoms with Crippen molar-refractivity contribution in [2.75, 3.05) is 6.54 Å². The van der Waals surface area contributed by atoms with Crippen molar-refractivity contribution < 1.29 is 9.53 Å². The molecule has 1 N–H and O–H groups in total. The summed E-state index contributed by atoms with van der Waals surface area (Å²) in [7, 11) is 0. The number of hydrogen-bond acceptors (Lipinski definition) is 3. The summed E-state index contributed by atoms with van der Waals surface area (Å²) in [6.45, 7) is 4.85. The minimum Gasteiger partial charge on any atom is -0.461 e. The van der Waals surface area contributed by atoms with E-state index in [1.165, 1.54) is 25.7 Å². The summed E-state index contributed by atoms with van der Waals surface area (Å²) in [4.78, 5) is 11.7. The lowest BCUT2D eigenvalue weighted by Gasteiger charge is -2.19. The first kappa shape index (κ1) is 13.5. The maximum absolute atomic E-state index is 11.7. The highest BCUT2D eigenvalue weighted by Crippen LogP contribution is 2.20. The van der Waals surface area contributed by atoms with Gasteiger partial charge in [0.1, 0.15) is 12.1 Å². The fourth-order valence-corrected chi connectivity index (χ4v) is 2.07. The summed E-state index contributed by atoms with van der Waals surface area (Å²) in [5.74, 6) is -0.0830. The lowest BCUT2D eigenvalue weighted by molar-refractivity contribution is -0.151. The van der Waals surface area contributed by atoms with Crippen molar-refractivity contribution in [3.8, 4) is 0 Å². The van der Waals surface area contributed by atoms with Gasteiger partial charge in [0.2, 0.25) is 0 Å². The van der Waals surface area contributed by atoms with Crippen LogP contribution in [-0.4, -0.2) is 24.7 Å². The second-order valence-corrected chi connectivity index (χ2v) is 4.73. The monoisotopic (exact) mass is 227 g/mol. The van der Waals surface area contributed by atoms with E-state index in [9.17, 15) is 4.79 Å². The molecule has 0 aromatic heterocycles. The molecular weight excluding hydrogens is 202 g/mol. The molecule has 94 valence electrons. The minimum absolute atomic E-state index is 0.0830. The Hall–Kier alpha value is -0.570. The van der Waals surface area contributed by atoms with Crippen LogP contribution in [0, 0.1) is 0 Å². The molecule has 0 amide bonds. The number of esters is 1. The minimum atomic E-state index is -0.164. The summed E-state index contributed by atoms with van der Waals surface area (Å²) >= 11 is 0. The van der Waals surface area contributed by atoms with E-state index in [0.717, 1.165) is 25.8 Å². The predicted molar refractivity (Wildman–Crippen MR) is 65.3 cm³/mol. The summed E-state index contributed by atoms with van der Waals surface area (Å²) in [6.07, 6.45) is 8.29. The fraction of sp³-hybridized carbons (Fsp3) is 0.923. The lowest BCUT2D eigenvalue weighted by Crippen LogP contribution is -2.37. The van der Waals surface area contributed by atoms with E-state index in [0.29, 0.717) is 0 Å². The molecule has 1 atom stereocenters. The third-order valence-electron chi connectivity index (χ3n) is 3.14. The van der Waals surface area contributed by atoms with Crippen molar-refractivity contribution in [1.82, 2.24) is 5.32 Å². The number of ether oxygens (including phenoxy) is 1. The van der Waals surface area contributed by atoms with E-state index in [1.807, 2.05) is 6.92 Å². The van der Waals surface area contributed by atoms with Gasteiger partial charge < -0.3 is 10.1 Å². The predicted octanol–water partition coefficient (Wildman–Crippen LogP) is 2.64. The summed E-state index contributed by atoms with van der Waals surface area (Å²) in [5.41, 5.74) is 0. The highest BCUT2D eigenvalue weighted by atomic mass is 16.5. The van der Waals surface area contributed by atoms with Crippen LogP contribution in [0.1, 0.15) is 58.8 Å². The third-order valence-corrected chi connectivity index (χ3v) is 3.14. The van der Waals surface area contributed by atoms with E-state index < -0.39 is 0 Å². The summed E-state index contributed by atoms with van der Waals surface area (Å²) in [6, 6.07) is -0.164. The van der Waals surface area contributed by atoms with Crippen molar-refractivity contribution in [2.45, 2.75) is 70.9 Å². The molecule has 0 aromatic rings. The molecule has 0 bridgehead atoms. The normalized spacial score (nSPS) is 20.1. The van der Waals surface area contributed by atoms with Crippen LogP contribution in [0.3, 0.4) is 0 Å². The Morgan fingerprint density at radius 3 is 2.50 bits per heavy atom. The van der Waals surface area contributed by atoms with Gasteiger partial charge in [-0.15, -0.1) is 0 Å². The second-order valence-electron chi connectivity index (χ2n) is 4.73. The Kier molecular flexibility index (Phi) is 6.46. The van der Waals surface area contributed by atoms with Crippen molar-refractivity contribution in [1.29, 1.82) is 0 Å². The molecule has 1 aliphatic rings. The molecule has 3 heteroatoms. The molecule has 1 aliphatic carbocycles. The highest BCUT2D eigenvalue weighted by molar-refractivity contribution is 5.75. The molecule has 1 saturated carbocycles. The maximum atomic E-state index is 11.7. The van der Waals surface area contributed by atoms with Gasteiger partial charge in [0, 0.05) is 0 Å². The van der Waals surface area contributed by atoms with Crippen LogP contribution in [0.4, 0.5) is 0 Å². The Morgan fingerprint density at radius 1 is 1.31 bits per heavy atom. The topological polar surface area (TPSA) is 38.3 Å². The Labute approximate surface area is 98.9 Å². The van der Waals surface area contributed by atoms with Gasteiger partial charge in [-0.05, 0) is 45.6 Å². The number of hydrogen-bond donors (Lipinski definition) is 1. The number of carbonyl (C=O) groups is 1. The van der Waals surface area contributed by atoms with Crippen LogP contribution in [0.5, 0.6) is 0 Å². The van der Waals surface area contributed by atoms with Crippen LogP contribution >= 0.6 is 0 Å². The molecular formula is C13H25NO2. The van der Waals surface area contributed by atoms with Gasteiger partial charge in [-0.3, -0.25) is 4.79 Å². The Morgan fingerprint density at radius 2 is 1.94 bits per heavy atom. The third kappa shape index (κ3) is 4.97. The first-order valence-corrected chi connectivity index (χ1v) is 6.68. The lowest BCUT2D eigenvalue weighted by atomic mass is 10.1. The molecule has 1 unspecified atom stereocenters. The molecule has 0 heterocycles. The van der Waals surface area contributed by atoms with E-state index in [2.05, 4.69) is 12.2 Å². The Balaban J connectivity index is 2.25. The quantitative estimate of drug-likeness (QED) is 0.579. The van der Waals surface area contributed by atoms with Gasteiger partial charge in [-0.25, -0.2) is 0 Å². The first-order valence-electron chi connectivity index (χ1n) is 6.68. The average molecular weight is 227 g/mol. The summed E-state index contributed by atoms with van der Waals surface area (Å²) < 4.78 is 5.53. The molecule has 1 rings (SSSR count). The highest BCUT2D eigenvalue weighted by Gasteiger charge is 2.20. The van der Waals surface area contributed by atoms with Crippen LogP contribution in [-0.2, 0) is 9.53 Å². The first-order chi connectivity index (χ1) is 7.74. The van der Waals surface area contributed by atoms with Crippen molar-refractivity contribution >= 4 is 5.97 Å². The smallest absolute Gasteiger partial charge is 0.323 e. The van der Waals surface area contributed by atoms with Crippen LogP contribution < -0.4 is 5.32 Å². The number of carbonyl (C=O) groups excluding carboxylic acids is 1. The maximum Gasteiger partial charge on any atom is 0.323 e. The molecule has 0 aromatic carbocycles. The van der Waals surface area contributed by atoms with E-state index in [-0.39, 0.29) is 18.1 Å². The molecule has 3 nitrogen and oxygen atoms in total. The zero-order valence-electron chi connectivity index (χ0n) is 10.6. The summed E-state index contributed by atoms with van der Waals surface area (Å²) in [5, 5.41) is 3.16. The molecule has 0 saturated heterocycles. The van der Waals surface area contributed by atoms with E-state index >= 15 is 0 Å². The van der Waals surface area contributed by atoms with E-state index in [1.54, 1.807) is 0 Å². The van der Waals surface area contributed by atoms with Crippen molar-refractivity contribution in [2.24, 2.45) is 0 Å².